The van der Waals surface area contributed by atoms with Crippen LogP contribution in [0.15, 0.2) is 30.3 Å². The lowest BCUT2D eigenvalue weighted by Gasteiger charge is -2.35. The molecule has 27 heavy (non-hydrogen) atoms. The molecule has 1 aromatic carbocycles. The van der Waals surface area contributed by atoms with Crippen LogP contribution >= 0.6 is 0 Å². The number of carbonyl (C=O) groups excluding carboxylic acids is 1. The Balaban J connectivity index is 1.73. The van der Waals surface area contributed by atoms with E-state index in [9.17, 15) is 4.79 Å². The van der Waals surface area contributed by atoms with Crippen LogP contribution in [0.5, 0.6) is 0 Å². The minimum absolute atomic E-state index is 0.166. The van der Waals surface area contributed by atoms with E-state index < -0.39 is 0 Å². The molecule has 1 saturated heterocycles. The molecule has 1 aromatic heterocycles. The van der Waals surface area contributed by atoms with Crippen molar-refractivity contribution in [2.75, 3.05) is 18.5 Å². The summed E-state index contributed by atoms with van der Waals surface area (Å²) in [5, 5.41) is 0.973. The van der Waals surface area contributed by atoms with E-state index in [0.717, 1.165) is 41.7 Å². The third-order valence-electron chi connectivity index (χ3n) is 6.48. The number of nitrogens with zero attached hydrogens (tertiary/aromatic N) is 3. The Hall–Kier alpha value is -2.10. The third kappa shape index (κ3) is 3.67. The number of para-hydroxylation sites is 1. The molecule has 1 unspecified atom stereocenters. The second-order valence-electron chi connectivity index (χ2n) is 8.29. The molecule has 0 spiro atoms. The van der Waals surface area contributed by atoms with E-state index in [1.807, 2.05) is 30.3 Å². The van der Waals surface area contributed by atoms with Gasteiger partial charge in [0.15, 0.2) is 0 Å². The molecule has 2 aromatic rings. The van der Waals surface area contributed by atoms with Gasteiger partial charge in [0, 0.05) is 31.1 Å². The first-order chi connectivity index (χ1) is 13.1. The van der Waals surface area contributed by atoms with Crippen LogP contribution in [0, 0.1) is 0 Å². The van der Waals surface area contributed by atoms with Crippen molar-refractivity contribution < 1.29 is 4.79 Å². The number of likely N-dealkylation sites (tertiary alicyclic amines) is 1. The molecular weight excluding hydrogens is 334 g/mol. The van der Waals surface area contributed by atoms with Gasteiger partial charge in [0.1, 0.15) is 5.82 Å². The van der Waals surface area contributed by atoms with Crippen molar-refractivity contribution in [1.29, 1.82) is 0 Å². The van der Waals surface area contributed by atoms with Gasteiger partial charge in [-0.3, -0.25) is 4.79 Å². The molecule has 2 aliphatic rings. The maximum Gasteiger partial charge on any atom is 0.254 e. The molecule has 4 nitrogen and oxygen atoms in total. The summed E-state index contributed by atoms with van der Waals surface area (Å²) in [6.45, 7) is 3.04. The maximum absolute atomic E-state index is 13.5. The highest BCUT2D eigenvalue weighted by Gasteiger charge is 2.27. The Labute approximate surface area is 162 Å². The van der Waals surface area contributed by atoms with E-state index in [1.54, 1.807) is 0 Å². The Morgan fingerprint density at radius 1 is 1.07 bits per heavy atom. The molecule has 1 aliphatic carbocycles. The van der Waals surface area contributed by atoms with Gasteiger partial charge in [0.05, 0.1) is 11.1 Å². The number of fused-ring (bicyclic) bond motifs is 1. The molecule has 0 radical (unpaired) electrons. The molecule has 0 bridgehead atoms. The predicted octanol–water partition coefficient (Wildman–Crippen LogP) is 5.02. The number of hydrogen-bond acceptors (Lipinski definition) is 3. The quantitative estimate of drug-likeness (QED) is 0.766. The summed E-state index contributed by atoms with van der Waals surface area (Å²) >= 11 is 0. The lowest BCUT2D eigenvalue weighted by atomic mass is 9.94. The first kappa shape index (κ1) is 18.3. The summed E-state index contributed by atoms with van der Waals surface area (Å²) in [6, 6.07) is 11.0. The minimum atomic E-state index is 0.166. The van der Waals surface area contributed by atoms with Gasteiger partial charge in [-0.05, 0) is 51.2 Å². The fourth-order valence-electron chi connectivity index (χ4n) is 4.73. The average molecular weight is 366 g/mol. The number of benzene rings is 1. The Morgan fingerprint density at radius 2 is 1.81 bits per heavy atom. The fraction of sp³-hybridized carbons (Fsp3) is 0.565. The number of hydrogen-bond donors (Lipinski definition) is 0. The molecule has 0 N–H and O–H groups in total. The van der Waals surface area contributed by atoms with Gasteiger partial charge in [-0.15, -0.1) is 0 Å². The topological polar surface area (TPSA) is 36.4 Å². The molecule has 1 saturated carbocycles. The van der Waals surface area contributed by atoms with Crippen LogP contribution < -0.4 is 4.90 Å². The molecule has 144 valence electrons. The minimum Gasteiger partial charge on any atom is -0.357 e. The fourth-order valence-corrected chi connectivity index (χ4v) is 4.73. The maximum atomic E-state index is 13.5. The van der Waals surface area contributed by atoms with Crippen LogP contribution in [0.4, 0.5) is 5.82 Å². The largest absolute Gasteiger partial charge is 0.357 e. The van der Waals surface area contributed by atoms with E-state index in [-0.39, 0.29) is 5.91 Å². The van der Waals surface area contributed by atoms with Gasteiger partial charge >= 0.3 is 0 Å². The van der Waals surface area contributed by atoms with Crippen LogP contribution in [0.1, 0.15) is 68.6 Å². The first-order valence-electron chi connectivity index (χ1n) is 10.6. The highest BCUT2D eigenvalue weighted by atomic mass is 16.2. The number of anilines is 1. The second kappa shape index (κ2) is 7.87. The van der Waals surface area contributed by atoms with Crippen molar-refractivity contribution in [3.8, 4) is 0 Å². The lowest BCUT2D eigenvalue weighted by Crippen LogP contribution is -2.42. The zero-order valence-corrected chi connectivity index (χ0v) is 16.7. The smallest absolute Gasteiger partial charge is 0.254 e. The van der Waals surface area contributed by atoms with E-state index in [1.165, 1.54) is 38.5 Å². The molecule has 4 rings (SSSR count). The Morgan fingerprint density at radius 3 is 2.59 bits per heavy atom. The van der Waals surface area contributed by atoms with Crippen molar-refractivity contribution >= 4 is 22.6 Å². The highest BCUT2D eigenvalue weighted by molar-refractivity contribution is 6.07. The summed E-state index contributed by atoms with van der Waals surface area (Å²) in [4.78, 5) is 22.7. The van der Waals surface area contributed by atoms with Crippen LogP contribution in [-0.4, -0.2) is 41.5 Å². The van der Waals surface area contributed by atoms with Crippen LogP contribution in [0.2, 0.25) is 0 Å². The first-order valence-corrected chi connectivity index (χ1v) is 10.6. The summed E-state index contributed by atoms with van der Waals surface area (Å²) in [5.74, 6) is 1.10. The standard InChI is InChI=1S/C23H31N3O/c1-17-10-8-9-15-26(17)23(27)20-16-22(24-21-14-7-6-13-19(20)21)25(2)18-11-4-3-5-12-18/h6-7,13-14,16-18H,3-5,8-12,15H2,1-2H3. The van der Waals surface area contributed by atoms with Crippen LogP contribution in [-0.2, 0) is 0 Å². The van der Waals surface area contributed by atoms with Gasteiger partial charge in [-0.1, -0.05) is 37.5 Å². The SMILES string of the molecule is CC1CCCCN1C(=O)c1cc(N(C)C2CCCCC2)nc2ccccc12. The van der Waals surface area contributed by atoms with Crippen LogP contribution in [0.3, 0.4) is 0 Å². The van der Waals surface area contributed by atoms with Crippen molar-refractivity contribution in [1.82, 2.24) is 9.88 Å². The molecule has 2 heterocycles. The van der Waals surface area contributed by atoms with Crippen molar-refractivity contribution in [2.45, 2.75) is 70.4 Å². The number of rotatable bonds is 3. The molecular formula is C23H31N3O. The number of aromatic nitrogens is 1. The average Bonchev–Trinajstić information content (AvgIpc) is 2.73. The van der Waals surface area contributed by atoms with Gasteiger partial charge in [0.2, 0.25) is 0 Å². The molecule has 4 heteroatoms. The number of piperidine rings is 1. The van der Waals surface area contributed by atoms with Gasteiger partial charge in [-0.25, -0.2) is 4.98 Å². The monoisotopic (exact) mass is 365 g/mol. The molecule has 1 atom stereocenters. The van der Waals surface area contributed by atoms with E-state index in [0.29, 0.717) is 12.1 Å². The van der Waals surface area contributed by atoms with E-state index in [2.05, 4.69) is 23.8 Å². The third-order valence-corrected chi connectivity index (χ3v) is 6.48. The Kier molecular flexibility index (Phi) is 5.33. The number of amides is 1. The number of pyridine rings is 1. The Bertz CT molecular complexity index is 812. The summed E-state index contributed by atoms with van der Waals surface area (Å²) in [7, 11) is 2.14. The molecule has 1 aliphatic heterocycles. The second-order valence-corrected chi connectivity index (χ2v) is 8.29. The number of carbonyl (C=O) groups is 1. The van der Waals surface area contributed by atoms with E-state index >= 15 is 0 Å². The molecule has 1 amide bonds. The summed E-state index contributed by atoms with van der Waals surface area (Å²) < 4.78 is 0. The van der Waals surface area contributed by atoms with Gasteiger partial charge in [0.25, 0.3) is 5.91 Å². The lowest BCUT2D eigenvalue weighted by molar-refractivity contribution is 0.0637. The zero-order valence-electron chi connectivity index (χ0n) is 16.7. The van der Waals surface area contributed by atoms with Crippen molar-refractivity contribution in [3.63, 3.8) is 0 Å². The van der Waals surface area contributed by atoms with Crippen molar-refractivity contribution in [2.24, 2.45) is 0 Å². The predicted molar refractivity (Wildman–Crippen MR) is 111 cm³/mol. The van der Waals surface area contributed by atoms with E-state index in [4.69, 9.17) is 4.98 Å². The molecule has 2 fully saturated rings. The highest BCUT2D eigenvalue weighted by Crippen LogP contribution is 2.30. The van der Waals surface area contributed by atoms with Gasteiger partial charge < -0.3 is 9.80 Å². The summed E-state index contributed by atoms with van der Waals surface area (Å²) in [6.07, 6.45) is 9.79. The van der Waals surface area contributed by atoms with Gasteiger partial charge in [-0.2, -0.15) is 0 Å². The summed E-state index contributed by atoms with van der Waals surface area (Å²) in [5.41, 5.74) is 1.73. The normalized spacial score (nSPS) is 21.4. The van der Waals surface area contributed by atoms with Crippen molar-refractivity contribution in [3.05, 3.63) is 35.9 Å². The zero-order chi connectivity index (χ0) is 18.8. The van der Waals surface area contributed by atoms with Crippen LogP contribution in [0.25, 0.3) is 10.9 Å².